The number of rotatable bonds is 7. The highest BCUT2D eigenvalue weighted by Gasteiger charge is 2.21. The lowest BCUT2D eigenvalue weighted by Crippen LogP contribution is -2.48. The molecule has 0 atom stereocenters. The second kappa shape index (κ2) is 9.60. The standard InChI is InChI=1S/C23H30N2O3/c1-18-4-10-22(28-3)20(16-18)17-24-12-14-25(15-13-24)23(26)11-7-19-5-8-21(27-2)9-6-19/h4-6,8-10,16H,7,11-15,17H2,1-3H3. The van der Waals surface area contributed by atoms with E-state index in [9.17, 15) is 4.79 Å². The van der Waals surface area contributed by atoms with Gasteiger partial charge in [0.15, 0.2) is 0 Å². The fourth-order valence-corrected chi connectivity index (χ4v) is 3.63. The Labute approximate surface area is 167 Å². The van der Waals surface area contributed by atoms with Crippen molar-refractivity contribution in [2.75, 3.05) is 40.4 Å². The summed E-state index contributed by atoms with van der Waals surface area (Å²) in [6.07, 6.45) is 1.32. The van der Waals surface area contributed by atoms with E-state index in [-0.39, 0.29) is 5.91 Å². The zero-order valence-corrected chi connectivity index (χ0v) is 17.1. The molecule has 2 aromatic rings. The third-order valence-electron chi connectivity index (χ3n) is 5.34. The van der Waals surface area contributed by atoms with Crippen molar-refractivity contribution in [3.8, 4) is 11.5 Å². The van der Waals surface area contributed by atoms with Crippen molar-refractivity contribution in [2.45, 2.75) is 26.3 Å². The van der Waals surface area contributed by atoms with E-state index in [4.69, 9.17) is 9.47 Å². The number of piperazine rings is 1. The van der Waals surface area contributed by atoms with E-state index in [0.29, 0.717) is 6.42 Å². The van der Waals surface area contributed by atoms with Crippen LogP contribution in [0.3, 0.4) is 0 Å². The second-order valence-electron chi connectivity index (χ2n) is 7.32. The monoisotopic (exact) mass is 382 g/mol. The van der Waals surface area contributed by atoms with Gasteiger partial charge >= 0.3 is 0 Å². The van der Waals surface area contributed by atoms with Crippen molar-refractivity contribution in [3.05, 3.63) is 59.2 Å². The first-order chi connectivity index (χ1) is 13.6. The fourth-order valence-electron chi connectivity index (χ4n) is 3.63. The normalized spacial score (nSPS) is 14.8. The van der Waals surface area contributed by atoms with Gasteiger partial charge in [0.2, 0.25) is 5.91 Å². The number of carbonyl (C=O) groups is 1. The van der Waals surface area contributed by atoms with Crippen LogP contribution in [-0.4, -0.2) is 56.1 Å². The minimum absolute atomic E-state index is 0.239. The van der Waals surface area contributed by atoms with Crippen LogP contribution in [0, 0.1) is 6.92 Å². The first kappa shape index (κ1) is 20.2. The third-order valence-corrected chi connectivity index (χ3v) is 5.34. The number of benzene rings is 2. The van der Waals surface area contributed by atoms with Crippen molar-refractivity contribution in [1.82, 2.24) is 9.80 Å². The molecule has 0 bridgehead atoms. The fraction of sp³-hybridized carbons (Fsp3) is 0.435. The molecule has 2 aromatic carbocycles. The maximum atomic E-state index is 12.6. The van der Waals surface area contributed by atoms with Gasteiger partial charge in [-0.25, -0.2) is 0 Å². The number of amides is 1. The molecule has 28 heavy (non-hydrogen) atoms. The maximum absolute atomic E-state index is 12.6. The molecule has 1 aliphatic heterocycles. The van der Waals surface area contributed by atoms with Crippen LogP contribution in [-0.2, 0) is 17.8 Å². The van der Waals surface area contributed by atoms with E-state index in [1.54, 1.807) is 14.2 Å². The largest absolute Gasteiger partial charge is 0.497 e. The number of methoxy groups -OCH3 is 2. The first-order valence-corrected chi connectivity index (χ1v) is 9.85. The van der Waals surface area contributed by atoms with Crippen molar-refractivity contribution in [2.24, 2.45) is 0 Å². The molecule has 1 fully saturated rings. The van der Waals surface area contributed by atoms with Gasteiger partial charge in [-0.3, -0.25) is 9.69 Å². The quantitative estimate of drug-likeness (QED) is 0.737. The Balaban J connectivity index is 1.46. The van der Waals surface area contributed by atoms with E-state index in [2.05, 4.69) is 24.0 Å². The molecule has 1 aliphatic rings. The van der Waals surface area contributed by atoms with E-state index >= 15 is 0 Å². The van der Waals surface area contributed by atoms with E-state index in [1.165, 1.54) is 16.7 Å². The summed E-state index contributed by atoms with van der Waals surface area (Å²) in [4.78, 5) is 17.0. The summed E-state index contributed by atoms with van der Waals surface area (Å²) < 4.78 is 10.7. The van der Waals surface area contributed by atoms with Crippen LogP contribution >= 0.6 is 0 Å². The molecule has 0 spiro atoms. The molecule has 0 aliphatic carbocycles. The number of aryl methyl sites for hydroxylation is 2. The van der Waals surface area contributed by atoms with Crippen LogP contribution in [0.5, 0.6) is 11.5 Å². The minimum Gasteiger partial charge on any atom is -0.497 e. The Kier molecular flexibility index (Phi) is 6.93. The summed E-state index contributed by atoms with van der Waals surface area (Å²) in [6.45, 7) is 6.32. The SMILES string of the molecule is COc1ccc(CCC(=O)N2CCN(Cc3cc(C)ccc3OC)CC2)cc1. The predicted molar refractivity (Wildman–Crippen MR) is 111 cm³/mol. The molecule has 0 N–H and O–H groups in total. The van der Waals surface area contributed by atoms with Gasteiger partial charge < -0.3 is 14.4 Å². The lowest BCUT2D eigenvalue weighted by molar-refractivity contribution is -0.133. The molecular weight excluding hydrogens is 352 g/mol. The van der Waals surface area contributed by atoms with E-state index in [0.717, 1.165) is 50.6 Å². The zero-order valence-electron chi connectivity index (χ0n) is 17.1. The van der Waals surface area contributed by atoms with Crippen molar-refractivity contribution < 1.29 is 14.3 Å². The average Bonchev–Trinajstić information content (AvgIpc) is 2.73. The molecule has 3 rings (SSSR count). The molecule has 1 amide bonds. The van der Waals surface area contributed by atoms with Gasteiger partial charge in [-0.05, 0) is 37.1 Å². The average molecular weight is 383 g/mol. The molecule has 0 aromatic heterocycles. The Morgan fingerprint density at radius 1 is 0.964 bits per heavy atom. The highest BCUT2D eigenvalue weighted by molar-refractivity contribution is 5.76. The lowest BCUT2D eigenvalue weighted by Gasteiger charge is -2.35. The number of carbonyl (C=O) groups excluding carboxylic acids is 1. The van der Waals surface area contributed by atoms with Gasteiger partial charge in [-0.2, -0.15) is 0 Å². The van der Waals surface area contributed by atoms with Gasteiger partial charge in [0.1, 0.15) is 11.5 Å². The summed E-state index contributed by atoms with van der Waals surface area (Å²) >= 11 is 0. The molecule has 5 heteroatoms. The van der Waals surface area contributed by atoms with E-state index in [1.807, 2.05) is 35.2 Å². The Bertz CT molecular complexity index is 781. The second-order valence-corrected chi connectivity index (χ2v) is 7.32. The molecule has 0 saturated carbocycles. The minimum atomic E-state index is 0.239. The number of ether oxygens (including phenoxy) is 2. The van der Waals surface area contributed by atoms with E-state index < -0.39 is 0 Å². The summed E-state index contributed by atoms with van der Waals surface area (Å²) in [5, 5.41) is 0. The van der Waals surface area contributed by atoms with Crippen LogP contribution in [0.15, 0.2) is 42.5 Å². The van der Waals surface area contributed by atoms with Crippen molar-refractivity contribution in [3.63, 3.8) is 0 Å². The van der Waals surface area contributed by atoms with Crippen LogP contribution in [0.25, 0.3) is 0 Å². The number of hydrogen-bond donors (Lipinski definition) is 0. The van der Waals surface area contributed by atoms with Crippen LogP contribution in [0.2, 0.25) is 0 Å². The maximum Gasteiger partial charge on any atom is 0.222 e. The summed E-state index contributed by atoms with van der Waals surface area (Å²) in [5.41, 5.74) is 3.62. The van der Waals surface area contributed by atoms with Crippen LogP contribution in [0.1, 0.15) is 23.1 Å². The number of nitrogens with zero attached hydrogens (tertiary/aromatic N) is 2. The van der Waals surface area contributed by atoms with Gasteiger partial charge in [0.05, 0.1) is 14.2 Å². The molecule has 0 radical (unpaired) electrons. The van der Waals surface area contributed by atoms with Gasteiger partial charge in [0.25, 0.3) is 0 Å². The smallest absolute Gasteiger partial charge is 0.222 e. The molecular formula is C23H30N2O3. The summed E-state index contributed by atoms with van der Waals surface area (Å²) in [6, 6.07) is 14.2. The van der Waals surface area contributed by atoms with Gasteiger partial charge in [-0.15, -0.1) is 0 Å². The Hall–Kier alpha value is -2.53. The molecule has 150 valence electrons. The van der Waals surface area contributed by atoms with Gasteiger partial charge in [-0.1, -0.05) is 29.8 Å². The topological polar surface area (TPSA) is 42.0 Å². The summed E-state index contributed by atoms with van der Waals surface area (Å²) in [5.74, 6) is 2.02. The number of hydrogen-bond acceptors (Lipinski definition) is 4. The van der Waals surface area contributed by atoms with Crippen molar-refractivity contribution >= 4 is 5.91 Å². The lowest BCUT2D eigenvalue weighted by atomic mass is 10.1. The third kappa shape index (κ3) is 5.26. The summed E-state index contributed by atoms with van der Waals surface area (Å²) in [7, 11) is 3.38. The molecule has 0 unspecified atom stereocenters. The van der Waals surface area contributed by atoms with Crippen LogP contribution in [0.4, 0.5) is 0 Å². The molecule has 5 nitrogen and oxygen atoms in total. The molecule has 1 heterocycles. The zero-order chi connectivity index (χ0) is 19.9. The van der Waals surface area contributed by atoms with Gasteiger partial charge in [0, 0.05) is 44.7 Å². The van der Waals surface area contributed by atoms with Crippen molar-refractivity contribution in [1.29, 1.82) is 0 Å². The van der Waals surface area contributed by atoms with Crippen LogP contribution < -0.4 is 9.47 Å². The highest BCUT2D eigenvalue weighted by atomic mass is 16.5. The Morgan fingerprint density at radius 2 is 1.68 bits per heavy atom. The first-order valence-electron chi connectivity index (χ1n) is 9.85. The molecule has 1 saturated heterocycles. The predicted octanol–water partition coefficient (Wildman–Crippen LogP) is 3.29. The highest BCUT2D eigenvalue weighted by Crippen LogP contribution is 2.22. The Morgan fingerprint density at radius 3 is 2.32 bits per heavy atom.